The molecule has 1 aromatic carbocycles. The molecule has 2 atom stereocenters. The molecule has 2 N–H and O–H groups in total. The van der Waals surface area contributed by atoms with Crippen LogP contribution in [0.1, 0.15) is 24.8 Å². The van der Waals surface area contributed by atoms with Crippen molar-refractivity contribution in [3.63, 3.8) is 0 Å². The van der Waals surface area contributed by atoms with E-state index in [1.165, 1.54) is 29.1 Å². The lowest BCUT2D eigenvalue weighted by atomic mass is 10.0. The number of nitrogens with one attached hydrogen (secondary N) is 1. The number of nitrogens with zero attached hydrogens (tertiary/aromatic N) is 2. The smallest absolute Gasteiger partial charge is 0.168 e. The molecule has 2 unspecified atom stereocenters. The van der Waals surface area contributed by atoms with Crippen molar-refractivity contribution >= 4 is 27.1 Å². The SMILES string of the molecule is CC1CCC[NH+](CC(O)=C(C#N)c2nc3ccccc3s2)C1. The molecular formula is C17H20N3OS+. The maximum absolute atomic E-state index is 10.4. The summed E-state index contributed by atoms with van der Waals surface area (Å²) in [5, 5.41) is 20.5. The number of rotatable bonds is 3. The van der Waals surface area contributed by atoms with Crippen molar-refractivity contribution in [2.24, 2.45) is 5.92 Å². The van der Waals surface area contributed by atoms with Crippen LogP contribution in [0.5, 0.6) is 0 Å². The van der Waals surface area contributed by atoms with Crippen molar-refractivity contribution in [3.05, 3.63) is 35.0 Å². The molecule has 1 aromatic heterocycles. The van der Waals surface area contributed by atoms with Crippen LogP contribution in [0.3, 0.4) is 0 Å². The third-order valence-corrected chi connectivity index (χ3v) is 5.24. The van der Waals surface area contributed by atoms with Crippen LogP contribution in [0.15, 0.2) is 30.0 Å². The molecule has 1 aliphatic rings. The number of fused-ring (bicyclic) bond motifs is 1. The first-order valence-electron chi connectivity index (χ1n) is 7.69. The molecule has 0 radical (unpaired) electrons. The molecule has 1 fully saturated rings. The number of hydrogen-bond donors (Lipinski definition) is 2. The highest BCUT2D eigenvalue weighted by atomic mass is 32.1. The number of nitriles is 1. The van der Waals surface area contributed by atoms with Crippen LogP contribution in [-0.4, -0.2) is 29.7 Å². The number of aliphatic hydroxyl groups is 1. The van der Waals surface area contributed by atoms with Gasteiger partial charge in [0.1, 0.15) is 23.2 Å². The number of quaternary nitrogens is 1. The zero-order valence-electron chi connectivity index (χ0n) is 12.7. The van der Waals surface area contributed by atoms with E-state index in [4.69, 9.17) is 0 Å². The molecule has 1 aliphatic heterocycles. The molecule has 4 nitrogen and oxygen atoms in total. The molecule has 0 aliphatic carbocycles. The van der Waals surface area contributed by atoms with E-state index >= 15 is 0 Å². The van der Waals surface area contributed by atoms with Gasteiger partial charge in [-0.15, -0.1) is 11.3 Å². The first-order chi connectivity index (χ1) is 10.7. The summed E-state index contributed by atoms with van der Waals surface area (Å²) in [4.78, 5) is 5.83. The van der Waals surface area contributed by atoms with Gasteiger partial charge < -0.3 is 10.0 Å². The summed E-state index contributed by atoms with van der Waals surface area (Å²) in [6, 6.07) is 9.95. The lowest BCUT2D eigenvalue weighted by Crippen LogP contribution is -3.13. The Kier molecular flexibility index (Phi) is 4.41. The van der Waals surface area contributed by atoms with Gasteiger partial charge in [0.2, 0.25) is 0 Å². The molecule has 0 saturated carbocycles. The van der Waals surface area contributed by atoms with Gasteiger partial charge in [-0.05, 0) is 25.0 Å². The first-order valence-corrected chi connectivity index (χ1v) is 8.50. The van der Waals surface area contributed by atoms with Gasteiger partial charge in [-0.25, -0.2) is 4.98 Å². The maximum atomic E-state index is 10.4. The van der Waals surface area contributed by atoms with Crippen LogP contribution in [0.4, 0.5) is 0 Å². The Morgan fingerprint density at radius 3 is 3.05 bits per heavy atom. The summed E-state index contributed by atoms with van der Waals surface area (Å²) in [6.07, 6.45) is 2.45. The van der Waals surface area contributed by atoms with E-state index in [-0.39, 0.29) is 5.76 Å². The van der Waals surface area contributed by atoms with Gasteiger partial charge in [0, 0.05) is 5.92 Å². The summed E-state index contributed by atoms with van der Waals surface area (Å²) >= 11 is 1.46. The Labute approximate surface area is 134 Å². The van der Waals surface area contributed by atoms with E-state index in [1.54, 1.807) is 0 Å². The summed E-state index contributed by atoms with van der Waals surface area (Å²) in [6.45, 7) is 4.89. The average Bonchev–Trinajstić information content (AvgIpc) is 2.91. The second-order valence-electron chi connectivity index (χ2n) is 6.05. The van der Waals surface area contributed by atoms with Gasteiger partial charge in [0.25, 0.3) is 0 Å². The number of hydrogen-bond acceptors (Lipinski definition) is 4. The zero-order valence-corrected chi connectivity index (χ0v) is 13.5. The normalized spacial score (nSPS) is 23.1. The Hall–Kier alpha value is -1.90. The molecule has 0 amide bonds. The molecule has 0 bridgehead atoms. The van der Waals surface area contributed by atoms with Crippen molar-refractivity contribution in [1.29, 1.82) is 5.26 Å². The van der Waals surface area contributed by atoms with Crippen molar-refractivity contribution in [2.45, 2.75) is 19.8 Å². The molecular weight excluding hydrogens is 294 g/mol. The van der Waals surface area contributed by atoms with Crippen molar-refractivity contribution in [2.75, 3.05) is 19.6 Å². The monoisotopic (exact) mass is 314 g/mol. The summed E-state index contributed by atoms with van der Waals surface area (Å²) in [5.41, 5.74) is 1.20. The quantitative estimate of drug-likeness (QED) is 0.675. The van der Waals surface area contributed by atoms with E-state index in [0.717, 1.165) is 23.3 Å². The van der Waals surface area contributed by atoms with Crippen molar-refractivity contribution < 1.29 is 10.0 Å². The minimum Gasteiger partial charge on any atom is -0.506 e. The van der Waals surface area contributed by atoms with E-state index in [9.17, 15) is 10.4 Å². The Balaban J connectivity index is 1.86. The zero-order chi connectivity index (χ0) is 15.5. The fourth-order valence-electron chi connectivity index (χ4n) is 3.10. The van der Waals surface area contributed by atoms with E-state index in [2.05, 4.69) is 18.0 Å². The number of allylic oxidation sites excluding steroid dienone is 1. The Morgan fingerprint density at radius 1 is 1.50 bits per heavy atom. The van der Waals surface area contributed by atoms with Crippen LogP contribution in [0, 0.1) is 17.2 Å². The van der Waals surface area contributed by atoms with Crippen LogP contribution >= 0.6 is 11.3 Å². The van der Waals surface area contributed by atoms with Gasteiger partial charge in [-0.2, -0.15) is 5.26 Å². The number of thiazole rings is 1. The van der Waals surface area contributed by atoms with Crippen molar-refractivity contribution in [3.8, 4) is 6.07 Å². The number of likely N-dealkylation sites (tertiary alicyclic amines) is 1. The maximum Gasteiger partial charge on any atom is 0.168 e. The summed E-state index contributed by atoms with van der Waals surface area (Å²) < 4.78 is 1.04. The number of aromatic nitrogens is 1. The lowest BCUT2D eigenvalue weighted by molar-refractivity contribution is -0.905. The molecule has 5 heteroatoms. The third-order valence-electron chi connectivity index (χ3n) is 4.19. The number of piperidine rings is 1. The second-order valence-corrected chi connectivity index (χ2v) is 7.08. The predicted molar refractivity (Wildman–Crippen MR) is 88.7 cm³/mol. The molecule has 114 valence electrons. The predicted octanol–water partition coefficient (Wildman–Crippen LogP) is 2.40. The minimum atomic E-state index is 0.172. The minimum absolute atomic E-state index is 0.172. The van der Waals surface area contributed by atoms with Crippen molar-refractivity contribution in [1.82, 2.24) is 4.98 Å². The molecule has 2 heterocycles. The van der Waals surface area contributed by atoms with Gasteiger partial charge in [-0.3, -0.25) is 0 Å². The van der Waals surface area contributed by atoms with E-state index in [0.29, 0.717) is 23.0 Å². The van der Waals surface area contributed by atoms with Gasteiger partial charge in [0.05, 0.1) is 23.3 Å². The third kappa shape index (κ3) is 3.13. The summed E-state index contributed by atoms with van der Waals surface area (Å²) in [7, 11) is 0. The number of aliphatic hydroxyl groups excluding tert-OH is 1. The number of benzene rings is 1. The fourth-order valence-corrected chi connectivity index (χ4v) is 4.08. The van der Waals surface area contributed by atoms with Gasteiger partial charge >= 0.3 is 0 Å². The largest absolute Gasteiger partial charge is 0.506 e. The lowest BCUT2D eigenvalue weighted by Gasteiger charge is -2.27. The molecule has 22 heavy (non-hydrogen) atoms. The molecule has 3 rings (SSSR count). The first kappa shape index (κ1) is 15.0. The fraction of sp³-hybridized carbons (Fsp3) is 0.412. The van der Waals surface area contributed by atoms with Crippen LogP contribution < -0.4 is 4.90 Å². The van der Waals surface area contributed by atoms with E-state index < -0.39 is 0 Å². The Morgan fingerprint density at radius 2 is 2.32 bits per heavy atom. The van der Waals surface area contributed by atoms with E-state index in [1.807, 2.05) is 24.3 Å². The standard InChI is InChI=1S/C17H19N3OS/c1-12-5-4-8-20(10-12)11-15(21)13(9-18)17-19-14-6-2-3-7-16(14)22-17/h2-3,6-7,12,21H,4-5,8,10-11H2,1H3/p+1. The molecule has 0 spiro atoms. The molecule has 1 saturated heterocycles. The Bertz CT molecular complexity index is 711. The highest BCUT2D eigenvalue weighted by Gasteiger charge is 2.23. The highest BCUT2D eigenvalue weighted by Crippen LogP contribution is 2.27. The van der Waals surface area contributed by atoms with Crippen LogP contribution in [0.2, 0.25) is 0 Å². The summed E-state index contributed by atoms with van der Waals surface area (Å²) in [5.74, 6) is 0.857. The van der Waals surface area contributed by atoms with Crippen LogP contribution in [0.25, 0.3) is 15.8 Å². The average molecular weight is 314 g/mol. The number of para-hydroxylation sites is 1. The molecule has 2 aromatic rings. The highest BCUT2D eigenvalue weighted by molar-refractivity contribution is 7.19. The second kappa shape index (κ2) is 6.47. The topological polar surface area (TPSA) is 61.4 Å². The van der Waals surface area contributed by atoms with Crippen LogP contribution in [-0.2, 0) is 0 Å². The van der Waals surface area contributed by atoms with Gasteiger partial charge in [0.15, 0.2) is 5.76 Å². The van der Waals surface area contributed by atoms with Gasteiger partial charge in [-0.1, -0.05) is 19.1 Å².